The van der Waals surface area contributed by atoms with Gasteiger partial charge in [0.2, 0.25) is 21.8 Å². The molecule has 1 fully saturated rings. The van der Waals surface area contributed by atoms with Gasteiger partial charge in [-0.2, -0.15) is 0 Å². The Morgan fingerprint density at radius 2 is 1.80 bits per heavy atom. The van der Waals surface area contributed by atoms with E-state index in [4.69, 9.17) is 0 Å². The van der Waals surface area contributed by atoms with E-state index in [1.807, 2.05) is 43.3 Å². The van der Waals surface area contributed by atoms with E-state index < -0.39 is 22.0 Å². The number of hydrogen-bond donors (Lipinski definition) is 1. The molecule has 190 valence electrons. The van der Waals surface area contributed by atoms with Gasteiger partial charge >= 0.3 is 0 Å². The Hall–Kier alpha value is -2.39. The second-order valence-electron chi connectivity index (χ2n) is 9.07. The molecule has 1 saturated carbocycles. The summed E-state index contributed by atoms with van der Waals surface area (Å²) in [5.74, 6) is -0.657. The van der Waals surface area contributed by atoms with Crippen molar-refractivity contribution in [1.82, 2.24) is 10.2 Å². The van der Waals surface area contributed by atoms with Crippen molar-refractivity contribution in [3.63, 3.8) is 0 Å². The molecule has 1 atom stereocenters. The SMILES string of the molecule is CCc1ccccc1N(CC(=O)N(Cc1cccc(Br)c1)[C@@H](C)C(=O)NC1CCCC1)S(C)(=O)=O. The maximum Gasteiger partial charge on any atom is 0.244 e. The maximum atomic E-state index is 13.7. The van der Waals surface area contributed by atoms with Gasteiger partial charge in [-0.3, -0.25) is 13.9 Å². The van der Waals surface area contributed by atoms with Crippen molar-refractivity contribution in [2.45, 2.75) is 64.6 Å². The van der Waals surface area contributed by atoms with Crippen molar-refractivity contribution < 1.29 is 18.0 Å². The fourth-order valence-electron chi connectivity index (χ4n) is 4.45. The number of aryl methyl sites for hydroxylation is 1. The monoisotopic (exact) mass is 563 g/mol. The Kier molecular flexibility index (Phi) is 9.35. The number of hydrogen-bond acceptors (Lipinski definition) is 4. The topological polar surface area (TPSA) is 86.8 Å². The van der Waals surface area contributed by atoms with Crippen LogP contribution >= 0.6 is 15.9 Å². The normalized spacial score (nSPS) is 15.0. The van der Waals surface area contributed by atoms with E-state index in [2.05, 4.69) is 21.2 Å². The minimum atomic E-state index is -3.75. The number of carbonyl (C=O) groups excluding carboxylic acids is 2. The Morgan fingerprint density at radius 1 is 1.11 bits per heavy atom. The van der Waals surface area contributed by atoms with E-state index in [0.29, 0.717) is 12.1 Å². The molecule has 0 aromatic heterocycles. The number of anilines is 1. The fraction of sp³-hybridized carbons (Fsp3) is 0.462. The van der Waals surface area contributed by atoms with Crippen LogP contribution in [0.15, 0.2) is 53.0 Å². The molecule has 1 N–H and O–H groups in total. The summed E-state index contributed by atoms with van der Waals surface area (Å²) >= 11 is 3.46. The van der Waals surface area contributed by atoms with Crippen LogP contribution in [0.2, 0.25) is 0 Å². The Balaban J connectivity index is 1.90. The molecule has 0 bridgehead atoms. The van der Waals surface area contributed by atoms with E-state index >= 15 is 0 Å². The molecule has 0 heterocycles. The van der Waals surface area contributed by atoms with Crippen molar-refractivity contribution in [1.29, 1.82) is 0 Å². The van der Waals surface area contributed by atoms with Crippen molar-refractivity contribution >= 4 is 43.5 Å². The van der Waals surface area contributed by atoms with Crippen molar-refractivity contribution in [3.8, 4) is 0 Å². The van der Waals surface area contributed by atoms with Gasteiger partial charge < -0.3 is 10.2 Å². The summed E-state index contributed by atoms with van der Waals surface area (Å²) in [5, 5.41) is 3.07. The summed E-state index contributed by atoms with van der Waals surface area (Å²) in [6.07, 6.45) is 5.77. The molecule has 0 radical (unpaired) electrons. The Bertz CT molecular complexity index is 1150. The number of para-hydroxylation sites is 1. The summed E-state index contributed by atoms with van der Waals surface area (Å²) < 4.78 is 27.5. The molecule has 0 saturated heterocycles. The molecule has 2 aromatic rings. The van der Waals surface area contributed by atoms with Gasteiger partial charge in [-0.05, 0) is 55.5 Å². The lowest BCUT2D eigenvalue weighted by Crippen LogP contribution is -2.52. The number of amides is 2. The van der Waals surface area contributed by atoms with E-state index in [1.54, 1.807) is 19.1 Å². The lowest BCUT2D eigenvalue weighted by molar-refractivity contribution is -0.139. The molecule has 1 aliphatic carbocycles. The number of sulfonamides is 1. The highest BCUT2D eigenvalue weighted by Gasteiger charge is 2.31. The van der Waals surface area contributed by atoms with Crippen molar-refractivity contribution in [2.75, 3.05) is 17.1 Å². The van der Waals surface area contributed by atoms with Gasteiger partial charge in [-0.15, -0.1) is 0 Å². The molecule has 2 amide bonds. The first-order valence-corrected chi connectivity index (χ1v) is 14.6. The first-order chi connectivity index (χ1) is 16.6. The highest BCUT2D eigenvalue weighted by atomic mass is 79.9. The number of halogens is 1. The Morgan fingerprint density at radius 3 is 2.43 bits per heavy atom. The summed E-state index contributed by atoms with van der Waals surface area (Å²) in [7, 11) is -3.75. The van der Waals surface area contributed by atoms with Crippen molar-refractivity contribution in [2.24, 2.45) is 0 Å². The van der Waals surface area contributed by atoms with E-state index in [0.717, 1.165) is 51.8 Å². The lowest BCUT2D eigenvalue weighted by Gasteiger charge is -2.32. The zero-order valence-corrected chi connectivity index (χ0v) is 22.9. The van der Waals surface area contributed by atoms with Gasteiger partial charge in [-0.1, -0.05) is 66.0 Å². The lowest BCUT2D eigenvalue weighted by atomic mass is 10.1. The summed E-state index contributed by atoms with van der Waals surface area (Å²) in [5.41, 5.74) is 2.15. The molecule has 35 heavy (non-hydrogen) atoms. The third kappa shape index (κ3) is 7.30. The molecular formula is C26H34BrN3O4S. The van der Waals surface area contributed by atoms with Gasteiger partial charge in [0.05, 0.1) is 11.9 Å². The predicted octanol–water partition coefficient (Wildman–Crippen LogP) is 4.25. The van der Waals surface area contributed by atoms with Crippen LogP contribution in [0.3, 0.4) is 0 Å². The summed E-state index contributed by atoms with van der Waals surface area (Å²) in [6.45, 7) is 3.44. The molecule has 9 heteroatoms. The van der Waals surface area contributed by atoms with E-state index in [-0.39, 0.29) is 25.0 Å². The first-order valence-electron chi connectivity index (χ1n) is 12.0. The fourth-order valence-corrected chi connectivity index (χ4v) is 5.78. The second kappa shape index (κ2) is 12.0. The minimum absolute atomic E-state index is 0.122. The molecule has 0 unspecified atom stereocenters. The van der Waals surface area contributed by atoms with Gasteiger partial charge in [-0.25, -0.2) is 8.42 Å². The minimum Gasteiger partial charge on any atom is -0.352 e. The first kappa shape index (κ1) is 27.2. The molecule has 3 rings (SSSR count). The maximum absolute atomic E-state index is 13.7. The van der Waals surface area contributed by atoms with Crippen LogP contribution in [0.25, 0.3) is 0 Å². The zero-order valence-electron chi connectivity index (χ0n) is 20.5. The molecule has 0 aliphatic heterocycles. The third-order valence-corrected chi connectivity index (χ3v) is 8.05. The Labute approximate surface area is 217 Å². The predicted molar refractivity (Wildman–Crippen MR) is 143 cm³/mol. The van der Waals surface area contributed by atoms with Crippen LogP contribution in [0, 0.1) is 0 Å². The number of nitrogens with zero attached hydrogens (tertiary/aromatic N) is 2. The van der Waals surface area contributed by atoms with Gasteiger partial charge in [0.1, 0.15) is 12.6 Å². The molecule has 0 spiro atoms. The van der Waals surface area contributed by atoms with Crippen LogP contribution in [-0.4, -0.2) is 50.0 Å². The molecule has 7 nitrogen and oxygen atoms in total. The van der Waals surface area contributed by atoms with Crippen LogP contribution in [-0.2, 0) is 32.6 Å². The van der Waals surface area contributed by atoms with Gasteiger partial charge in [0, 0.05) is 17.1 Å². The van der Waals surface area contributed by atoms with Gasteiger partial charge in [0.25, 0.3) is 0 Å². The highest BCUT2D eigenvalue weighted by Crippen LogP contribution is 2.25. The highest BCUT2D eigenvalue weighted by molar-refractivity contribution is 9.10. The molecule has 2 aromatic carbocycles. The van der Waals surface area contributed by atoms with E-state index in [9.17, 15) is 18.0 Å². The van der Waals surface area contributed by atoms with Crippen LogP contribution in [0.1, 0.15) is 50.7 Å². The van der Waals surface area contributed by atoms with Crippen LogP contribution < -0.4 is 9.62 Å². The average Bonchev–Trinajstić information content (AvgIpc) is 3.32. The summed E-state index contributed by atoms with van der Waals surface area (Å²) in [4.78, 5) is 28.3. The number of rotatable bonds is 10. The molecular weight excluding hydrogens is 530 g/mol. The van der Waals surface area contributed by atoms with Crippen LogP contribution in [0.4, 0.5) is 5.69 Å². The molecule has 1 aliphatic rings. The average molecular weight is 565 g/mol. The quantitative estimate of drug-likeness (QED) is 0.468. The number of carbonyl (C=O) groups is 2. The van der Waals surface area contributed by atoms with Gasteiger partial charge in [0.15, 0.2) is 0 Å². The largest absolute Gasteiger partial charge is 0.352 e. The standard InChI is InChI=1S/C26H34BrN3O4S/c1-4-21-11-5-8-15-24(21)30(35(3,33)34)18-25(31)29(17-20-10-9-12-22(27)16-20)19(2)26(32)28-23-13-6-7-14-23/h5,8-12,15-16,19,23H,4,6-7,13-14,17-18H2,1-3H3,(H,28,32)/t19-/m0/s1. The zero-order chi connectivity index (χ0) is 25.6. The number of benzene rings is 2. The van der Waals surface area contributed by atoms with Crippen molar-refractivity contribution in [3.05, 3.63) is 64.1 Å². The summed E-state index contributed by atoms with van der Waals surface area (Å²) in [6, 6.07) is 14.1. The smallest absolute Gasteiger partial charge is 0.244 e. The van der Waals surface area contributed by atoms with Crippen LogP contribution in [0.5, 0.6) is 0 Å². The van der Waals surface area contributed by atoms with E-state index in [1.165, 1.54) is 4.90 Å². The number of nitrogens with one attached hydrogen (secondary N) is 1. The second-order valence-corrected chi connectivity index (χ2v) is 11.9. The third-order valence-electron chi connectivity index (χ3n) is 6.43.